The van der Waals surface area contributed by atoms with Gasteiger partial charge in [-0.05, 0) is 27.2 Å². The molecule has 18 heavy (non-hydrogen) atoms. The Bertz CT molecular complexity index is 418. The van der Waals surface area contributed by atoms with Gasteiger partial charge in [-0.25, -0.2) is 14.7 Å². The lowest BCUT2D eigenvalue weighted by Crippen LogP contribution is -2.38. The summed E-state index contributed by atoms with van der Waals surface area (Å²) in [5, 5.41) is 0. The van der Waals surface area contributed by atoms with Gasteiger partial charge in [-0.2, -0.15) is 9.37 Å². The molecule has 1 heterocycles. The lowest BCUT2D eigenvalue weighted by atomic mass is 10.2. The lowest BCUT2D eigenvalue weighted by Gasteiger charge is -2.25. The number of hydrogen-bond acceptors (Lipinski definition) is 4. The smallest absolute Gasteiger partial charge is 0.417 e. The quantitative estimate of drug-likeness (QED) is 0.779. The predicted molar refractivity (Wildman–Crippen MR) is 65.9 cm³/mol. The first kappa shape index (κ1) is 14.3. The summed E-state index contributed by atoms with van der Waals surface area (Å²) in [4.78, 5) is 20.7. The Morgan fingerprint density at radius 2 is 2.17 bits per heavy atom. The molecule has 0 atom stereocenters. The first-order valence-corrected chi connectivity index (χ1v) is 5.82. The first-order valence-electron chi connectivity index (χ1n) is 5.82. The number of aromatic nitrogens is 2. The molecule has 0 radical (unpaired) electrons. The van der Waals surface area contributed by atoms with Gasteiger partial charge in [0.15, 0.2) is 0 Å². The number of ether oxygens (including phenoxy) is 1. The molecule has 1 rings (SSSR count). The summed E-state index contributed by atoms with van der Waals surface area (Å²) < 4.78 is 18.3. The second-order valence-electron chi connectivity index (χ2n) is 4.81. The highest BCUT2D eigenvalue weighted by atomic mass is 19.1. The summed E-state index contributed by atoms with van der Waals surface area (Å²) in [6, 6.07) is 1.13. The fourth-order valence-corrected chi connectivity index (χ4v) is 1.27. The van der Waals surface area contributed by atoms with Crippen molar-refractivity contribution >= 4 is 12.0 Å². The van der Waals surface area contributed by atoms with E-state index in [0.29, 0.717) is 13.0 Å². The van der Waals surface area contributed by atoms with Crippen molar-refractivity contribution in [2.75, 3.05) is 11.4 Å². The second kappa shape index (κ2) is 5.75. The average molecular weight is 255 g/mol. The van der Waals surface area contributed by atoms with Crippen LogP contribution in [0.15, 0.2) is 12.3 Å². The van der Waals surface area contributed by atoms with Crippen LogP contribution >= 0.6 is 0 Å². The second-order valence-corrected chi connectivity index (χ2v) is 4.81. The lowest BCUT2D eigenvalue weighted by molar-refractivity contribution is 0.0578. The van der Waals surface area contributed by atoms with Crippen LogP contribution in [0.25, 0.3) is 0 Å². The van der Waals surface area contributed by atoms with Gasteiger partial charge < -0.3 is 4.74 Å². The molecule has 100 valence electrons. The monoisotopic (exact) mass is 255 g/mol. The van der Waals surface area contributed by atoms with Crippen LogP contribution in [0.3, 0.4) is 0 Å². The molecule has 0 unspecified atom stereocenters. The van der Waals surface area contributed by atoms with Crippen molar-refractivity contribution in [2.45, 2.75) is 39.7 Å². The van der Waals surface area contributed by atoms with Crippen LogP contribution in [0.4, 0.5) is 15.1 Å². The maximum absolute atomic E-state index is 13.0. The molecular formula is C12H18FN3O2. The standard InChI is InChI=1S/C12H18FN3O2/c1-5-8-16(11(17)18-12(2,3)4)10-14-7-6-9(13)15-10/h6-7H,5,8H2,1-4H3. The molecule has 0 aliphatic rings. The van der Waals surface area contributed by atoms with E-state index in [1.54, 1.807) is 20.8 Å². The van der Waals surface area contributed by atoms with E-state index in [-0.39, 0.29) is 5.95 Å². The van der Waals surface area contributed by atoms with E-state index in [9.17, 15) is 9.18 Å². The van der Waals surface area contributed by atoms with Gasteiger partial charge in [0.2, 0.25) is 11.9 Å². The van der Waals surface area contributed by atoms with Crippen LogP contribution in [0, 0.1) is 5.95 Å². The predicted octanol–water partition coefficient (Wildman–Crippen LogP) is 2.77. The Morgan fingerprint density at radius 1 is 1.50 bits per heavy atom. The van der Waals surface area contributed by atoms with Crippen molar-refractivity contribution in [1.82, 2.24) is 9.97 Å². The Morgan fingerprint density at radius 3 is 2.67 bits per heavy atom. The summed E-state index contributed by atoms with van der Waals surface area (Å²) in [6.45, 7) is 7.57. The van der Waals surface area contributed by atoms with Crippen LogP contribution in [-0.2, 0) is 4.74 Å². The van der Waals surface area contributed by atoms with Gasteiger partial charge in [0.05, 0.1) is 0 Å². The Hall–Kier alpha value is -1.72. The van der Waals surface area contributed by atoms with E-state index in [1.165, 1.54) is 11.1 Å². The summed E-state index contributed by atoms with van der Waals surface area (Å²) in [5.74, 6) is -0.657. The van der Waals surface area contributed by atoms with Crippen molar-refractivity contribution in [1.29, 1.82) is 0 Å². The zero-order valence-electron chi connectivity index (χ0n) is 11.1. The number of amides is 1. The third kappa shape index (κ3) is 4.27. The van der Waals surface area contributed by atoms with Crippen LogP contribution in [0.2, 0.25) is 0 Å². The highest BCUT2D eigenvalue weighted by Crippen LogP contribution is 2.14. The van der Waals surface area contributed by atoms with Crippen molar-refractivity contribution in [3.63, 3.8) is 0 Å². The largest absolute Gasteiger partial charge is 0.443 e. The maximum atomic E-state index is 13.0. The van der Waals surface area contributed by atoms with Crippen LogP contribution in [0.1, 0.15) is 34.1 Å². The first-order chi connectivity index (χ1) is 8.33. The number of carbonyl (C=O) groups is 1. The molecule has 0 N–H and O–H groups in total. The average Bonchev–Trinajstić information content (AvgIpc) is 2.23. The summed E-state index contributed by atoms with van der Waals surface area (Å²) >= 11 is 0. The Labute approximate surface area is 106 Å². The third-order valence-electron chi connectivity index (χ3n) is 1.91. The zero-order chi connectivity index (χ0) is 13.8. The Kier molecular flexibility index (Phi) is 4.58. The maximum Gasteiger partial charge on any atom is 0.417 e. The van der Waals surface area contributed by atoms with E-state index in [2.05, 4.69) is 9.97 Å². The fraction of sp³-hybridized carbons (Fsp3) is 0.583. The molecule has 5 nitrogen and oxygen atoms in total. The van der Waals surface area contributed by atoms with Crippen LogP contribution in [-0.4, -0.2) is 28.2 Å². The van der Waals surface area contributed by atoms with E-state index >= 15 is 0 Å². The number of hydrogen-bond donors (Lipinski definition) is 0. The Balaban J connectivity index is 2.92. The molecule has 1 amide bonds. The van der Waals surface area contributed by atoms with Crippen molar-refractivity contribution in [3.8, 4) is 0 Å². The van der Waals surface area contributed by atoms with Crippen molar-refractivity contribution < 1.29 is 13.9 Å². The normalized spacial score (nSPS) is 11.2. The molecule has 0 saturated carbocycles. The molecule has 0 aromatic carbocycles. The van der Waals surface area contributed by atoms with E-state index < -0.39 is 17.6 Å². The topological polar surface area (TPSA) is 55.3 Å². The molecular weight excluding hydrogens is 237 g/mol. The highest BCUT2D eigenvalue weighted by molar-refractivity contribution is 5.85. The minimum atomic E-state index is -0.676. The molecule has 1 aromatic rings. The number of carbonyl (C=O) groups excluding carboxylic acids is 1. The molecule has 0 aliphatic heterocycles. The minimum absolute atomic E-state index is 0.0195. The molecule has 0 saturated heterocycles. The van der Waals surface area contributed by atoms with Gasteiger partial charge >= 0.3 is 6.09 Å². The fourth-order valence-electron chi connectivity index (χ4n) is 1.27. The molecule has 0 bridgehead atoms. The van der Waals surface area contributed by atoms with Gasteiger partial charge in [0, 0.05) is 18.8 Å². The van der Waals surface area contributed by atoms with Crippen molar-refractivity contribution in [3.05, 3.63) is 18.2 Å². The number of rotatable bonds is 3. The summed E-state index contributed by atoms with van der Waals surface area (Å²) in [6.07, 6.45) is 1.39. The van der Waals surface area contributed by atoms with Gasteiger partial charge in [-0.15, -0.1) is 0 Å². The molecule has 0 spiro atoms. The molecule has 0 fully saturated rings. The molecule has 0 aliphatic carbocycles. The van der Waals surface area contributed by atoms with Gasteiger partial charge in [-0.3, -0.25) is 0 Å². The zero-order valence-corrected chi connectivity index (χ0v) is 11.1. The van der Waals surface area contributed by atoms with Gasteiger partial charge in [-0.1, -0.05) is 6.92 Å². The summed E-state index contributed by atoms with van der Waals surface area (Å²) in [5.41, 5.74) is -0.615. The SMILES string of the molecule is CCCN(C(=O)OC(C)(C)C)c1nccc(F)n1. The van der Waals surface area contributed by atoms with E-state index in [4.69, 9.17) is 4.74 Å². The van der Waals surface area contributed by atoms with Crippen LogP contribution in [0.5, 0.6) is 0 Å². The van der Waals surface area contributed by atoms with E-state index in [1.807, 2.05) is 6.92 Å². The summed E-state index contributed by atoms with van der Waals surface area (Å²) in [7, 11) is 0. The van der Waals surface area contributed by atoms with Gasteiger partial charge in [0.1, 0.15) is 5.60 Å². The molecule has 1 aromatic heterocycles. The molecule has 6 heteroatoms. The van der Waals surface area contributed by atoms with E-state index in [0.717, 1.165) is 6.07 Å². The third-order valence-corrected chi connectivity index (χ3v) is 1.91. The minimum Gasteiger partial charge on any atom is -0.443 e. The van der Waals surface area contributed by atoms with Gasteiger partial charge in [0.25, 0.3) is 0 Å². The van der Waals surface area contributed by atoms with Crippen LogP contribution < -0.4 is 4.90 Å². The van der Waals surface area contributed by atoms with Crippen molar-refractivity contribution in [2.24, 2.45) is 0 Å². The number of nitrogens with zero attached hydrogens (tertiary/aromatic N) is 3. The highest BCUT2D eigenvalue weighted by Gasteiger charge is 2.24. The number of halogens is 1. The number of anilines is 1.